The first kappa shape index (κ1) is 15.4. The van der Waals surface area contributed by atoms with Crippen LogP contribution in [0.4, 0.5) is 0 Å². The summed E-state index contributed by atoms with van der Waals surface area (Å²) in [7, 11) is 4.16. The van der Waals surface area contributed by atoms with E-state index >= 15 is 0 Å². The Labute approximate surface area is 110 Å². The van der Waals surface area contributed by atoms with Crippen LogP contribution in [-0.2, 0) is 9.53 Å². The third-order valence-corrected chi connectivity index (χ3v) is 3.08. The molecule has 0 bridgehead atoms. The smallest absolute Gasteiger partial charge is 0.234 e. The normalized spacial score (nSPS) is 17.1. The Morgan fingerprint density at radius 3 is 2.67 bits per heavy atom. The minimum atomic E-state index is 0.106. The van der Waals surface area contributed by atoms with Crippen LogP contribution in [-0.4, -0.2) is 63.8 Å². The Morgan fingerprint density at radius 2 is 2.00 bits per heavy atom. The van der Waals surface area contributed by atoms with Crippen LogP contribution in [0.15, 0.2) is 0 Å². The van der Waals surface area contributed by atoms with Gasteiger partial charge in [-0.3, -0.25) is 4.79 Å². The molecule has 106 valence electrons. The van der Waals surface area contributed by atoms with Gasteiger partial charge in [-0.15, -0.1) is 0 Å². The molecule has 1 aliphatic rings. The first-order valence-corrected chi connectivity index (χ1v) is 6.91. The summed E-state index contributed by atoms with van der Waals surface area (Å²) >= 11 is 0. The van der Waals surface area contributed by atoms with Gasteiger partial charge in [-0.1, -0.05) is 0 Å². The second-order valence-corrected chi connectivity index (χ2v) is 5.14. The van der Waals surface area contributed by atoms with Crippen LogP contribution in [0, 0.1) is 0 Å². The predicted molar refractivity (Wildman–Crippen MR) is 72.6 cm³/mol. The number of nitrogens with zero attached hydrogens (tertiary/aromatic N) is 1. The summed E-state index contributed by atoms with van der Waals surface area (Å²) in [5, 5.41) is 6.22. The standard InChI is InChI=1S/C13H27N3O2/c1-16(2)8-4-3-7-14-11-13(17)15-12-5-9-18-10-6-12/h12,14H,3-11H2,1-2H3,(H,15,17). The summed E-state index contributed by atoms with van der Waals surface area (Å²) in [5.41, 5.74) is 0. The van der Waals surface area contributed by atoms with Crippen molar-refractivity contribution >= 4 is 5.91 Å². The molecular weight excluding hydrogens is 230 g/mol. The van der Waals surface area contributed by atoms with Gasteiger partial charge in [-0.25, -0.2) is 0 Å². The van der Waals surface area contributed by atoms with E-state index in [4.69, 9.17) is 4.74 Å². The molecule has 0 aliphatic carbocycles. The maximum Gasteiger partial charge on any atom is 0.234 e. The van der Waals surface area contributed by atoms with Gasteiger partial charge in [0.2, 0.25) is 5.91 Å². The van der Waals surface area contributed by atoms with Gasteiger partial charge in [0.1, 0.15) is 0 Å². The zero-order valence-corrected chi connectivity index (χ0v) is 11.7. The number of hydrogen-bond donors (Lipinski definition) is 2. The highest BCUT2D eigenvalue weighted by molar-refractivity contribution is 5.78. The Hall–Kier alpha value is -0.650. The van der Waals surface area contributed by atoms with Crippen LogP contribution >= 0.6 is 0 Å². The zero-order valence-electron chi connectivity index (χ0n) is 11.7. The van der Waals surface area contributed by atoms with Gasteiger partial charge in [0, 0.05) is 19.3 Å². The summed E-state index contributed by atoms with van der Waals surface area (Å²) in [6.45, 7) is 3.98. The molecule has 0 radical (unpaired) electrons. The maximum absolute atomic E-state index is 11.6. The second-order valence-electron chi connectivity index (χ2n) is 5.14. The Bertz CT molecular complexity index is 228. The lowest BCUT2D eigenvalue weighted by atomic mass is 10.1. The highest BCUT2D eigenvalue weighted by atomic mass is 16.5. The minimum Gasteiger partial charge on any atom is -0.381 e. The molecule has 0 spiro atoms. The van der Waals surface area contributed by atoms with Crippen molar-refractivity contribution in [2.24, 2.45) is 0 Å². The van der Waals surface area contributed by atoms with Gasteiger partial charge < -0.3 is 20.3 Å². The lowest BCUT2D eigenvalue weighted by Crippen LogP contribution is -2.43. The molecule has 1 rings (SSSR count). The highest BCUT2D eigenvalue weighted by Gasteiger charge is 2.15. The molecule has 5 nitrogen and oxygen atoms in total. The average Bonchev–Trinajstić information content (AvgIpc) is 2.34. The number of carbonyl (C=O) groups excluding carboxylic acids is 1. The largest absolute Gasteiger partial charge is 0.381 e. The molecule has 0 aromatic carbocycles. The van der Waals surface area contributed by atoms with Gasteiger partial charge in [0.05, 0.1) is 6.54 Å². The van der Waals surface area contributed by atoms with Crippen LogP contribution < -0.4 is 10.6 Å². The summed E-state index contributed by atoms with van der Waals surface area (Å²) in [4.78, 5) is 13.8. The van der Waals surface area contributed by atoms with E-state index in [1.54, 1.807) is 0 Å². The van der Waals surface area contributed by atoms with Crippen molar-refractivity contribution in [2.45, 2.75) is 31.7 Å². The first-order valence-electron chi connectivity index (χ1n) is 6.91. The monoisotopic (exact) mass is 257 g/mol. The van der Waals surface area contributed by atoms with E-state index in [1.807, 2.05) is 0 Å². The van der Waals surface area contributed by atoms with E-state index in [9.17, 15) is 4.79 Å². The topological polar surface area (TPSA) is 53.6 Å². The van der Waals surface area contributed by atoms with E-state index in [-0.39, 0.29) is 5.91 Å². The van der Waals surface area contributed by atoms with Crippen molar-refractivity contribution in [1.82, 2.24) is 15.5 Å². The molecule has 5 heteroatoms. The first-order chi connectivity index (χ1) is 8.68. The Kier molecular flexibility index (Phi) is 7.96. The molecule has 0 aromatic rings. The average molecular weight is 257 g/mol. The lowest BCUT2D eigenvalue weighted by molar-refractivity contribution is -0.121. The van der Waals surface area contributed by atoms with Crippen molar-refractivity contribution in [3.8, 4) is 0 Å². The van der Waals surface area contributed by atoms with Crippen molar-refractivity contribution in [2.75, 3.05) is 46.9 Å². The number of unbranched alkanes of at least 4 members (excludes halogenated alkanes) is 1. The summed E-state index contributed by atoms with van der Waals surface area (Å²) in [5.74, 6) is 0.106. The molecule has 0 aromatic heterocycles. The number of rotatable bonds is 8. The van der Waals surface area contributed by atoms with Gasteiger partial charge in [-0.2, -0.15) is 0 Å². The van der Waals surface area contributed by atoms with E-state index < -0.39 is 0 Å². The fourth-order valence-corrected chi connectivity index (χ4v) is 2.00. The van der Waals surface area contributed by atoms with Gasteiger partial charge in [0.25, 0.3) is 0 Å². The fourth-order valence-electron chi connectivity index (χ4n) is 2.00. The van der Waals surface area contributed by atoms with E-state index in [2.05, 4.69) is 29.6 Å². The van der Waals surface area contributed by atoms with Crippen LogP contribution in [0.5, 0.6) is 0 Å². The van der Waals surface area contributed by atoms with Crippen molar-refractivity contribution in [3.63, 3.8) is 0 Å². The van der Waals surface area contributed by atoms with Crippen LogP contribution in [0.2, 0.25) is 0 Å². The fraction of sp³-hybridized carbons (Fsp3) is 0.923. The molecular formula is C13H27N3O2. The number of ether oxygens (including phenoxy) is 1. The van der Waals surface area contributed by atoms with Crippen molar-refractivity contribution in [3.05, 3.63) is 0 Å². The molecule has 2 N–H and O–H groups in total. The van der Waals surface area contributed by atoms with E-state index in [1.165, 1.54) is 6.42 Å². The minimum absolute atomic E-state index is 0.106. The maximum atomic E-state index is 11.6. The molecule has 0 atom stereocenters. The number of hydrogen-bond acceptors (Lipinski definition) is 4. The summed E-state index contributed by atoms with van der Waals surface area (Å²) < 4.78 is 5.26. The highest BCUT2D eigenvalue weighted by Crippen LogP contribution is 2.05. The summed E-state index contributed by atoms with van der Waals surface area (Å²) in [6, 6.07) is 0.307. The second kappa shape index (κ2) is 9.30. The third-order valence-electron chi connectivity index (χ3n) is 3.08. The molecule has 1 aliphatic heterocycles. The van der Waals surface area contributed by atoms with Crippen LogP contribution in [0.25, 0.3) is 0 Å². The Morgan fingerprint density at radius 1 is 1.28 bits per heavy atom. The molecule has 1 fully saturated rings. The van der Waals surface area contributed by atoms with E-state index in [0.29, 0.717) is 12.6 Å². The lowest BCUT2D eigenvalue weighted by Gasteiger charge is -2.23. The van der Waals surface area contributed by atoms with Crippen LogP contribution in [0.1, 0.15) is 25.7 Å². The quantitative estimate of drug-likeness (QED) is 0.611. The zero-order chi connectivity index (χ0) is 13.2. The third kappa shape index (κ3) is 7.63. The molecule has 1 saturated heterocycles. The van der Waals surface area contributed by atoms with Gasteiger partial charge >= 0.3 is 0 Å². The van der Waals surface area contributed by atoms with Crippen molar-refractivity contribution in [1.29, 1.82) is 0 Å². The number of amides is 1. The van der Waals surface area contributed by atoms with Gasteiger partial charge in [-0.05, 0) is 52.9 Å². The number of nitrogens with one attached hydrogen (secondary N) is 2. The van der Waals surface area contributed by atoms with Crippen LogP contribution in [0.3, 0.4) is 0 Å². The SMILES string of the molecule is CN(C)CCCCNCC(=O)NC1CCOCC1. The predicted octanol–water partition coefficient (Wildman–Crippen LogP) is 0.213. The van der Waals surface area contributed by atoms with Crippen molar-refractivity contribution < 1.29 is 9.53 Å². The molecule has 1 heterocycles. The molecule has 18 heavy (non-hydrogen) atoms. The van der Waals surface area contributed by atoms with E-state index in [0.717, 1.165) is 45.6 Å². The molecule has 1 amide bonds. The number of carbonyl (C=O) groups is 1. The summed E-state index contributed by atoms with van der Waals surface area (Å²) in [6.07, 6.45) is 4.16. The molecule has 0 unspecified atom stereocenters. The van der Waals surface area contributed by atoms with Gasteiger partial charge in [0.15, 0.2) is 0 Å². The Balaban J connectivity index is 1.93. The molecule has 0 saturated carbocycles.